The number of nitrogens with one attached hydrogen (secondary N) is 2. The number of hydrogen-bond acceptors (Lipinski definition) is 2. The van der Waals surface area contributed by atoms with E-state index in [4.69, 9.17) is 0 Å². The van der Waals surface area contributed by atoms with Gasteiger partial charge in [0.15, 0.2) is 0 Å². The first kappa shape index (κ1) is 18.8. The Balaban J connectivity index is 2.31. The molecule has 0 aromatic heterocycles. The van der Waals surface area contributed by atoms with Gasteiger partial charge in [0, 0.05) is 32.1 Å². The molecule has 22 heavy (non-hydrogen) atoms. The van der Waals surface area contributed by atoms with Crippen molar-refractivity contribution in [3.8, 4) is 0 Å². The minimum absolute atomic E-state index is 0.00870. The third-order valence-corrected chi connectivity index (χ3v) is 3.61. The molecule has 1 heterocycles. The molecule has 3 amide bonds. The summed E-state index contributed by atoms with van der Waals surface area (Å²) in [6, 6.07) is 0.205. The summed E-state index contributed by atoms with van der Waals surface area (Å²) >= 11 is 0. The third kappa shape index (κ3) is 7.66. The van der Waals surface area contributed by atoms with Crippen molar-refractivity contribution in [2.45, 2.75) is 66.8 Å². The van der Waals surface area contributed by atoms with E-state index in [1.54, 1.807) is 0 Å². The van der Waals surface area contributed by atoms with Crippen LogP contribution < -0.4 is 10.6 Å². The SMILES string of the molecule is CC(C)(C)CNC(=O)N1CCC(NC(=O)CC(C)(C)C)CC1. The van der Waals surface area contributed by atoms with Crippen molar-refractivity contribution < 1.29 is 9.59 Å². The Hall–Kier alpha value is -1.26. The summed E-state index contributed by atoms with van der Waals surface area (Å²) in [5.41, 5.74) is 0.104. The molecule has 1 aliphatic rings. The second-order valence-corrected chi connectivity index (χ2v) is 8.79. The molecule has 0 aromatic rings. The minimum atomic E-state index is 0.00870. The van der Waals surface area contributed by atoms with E-state index < -0.39 is 0 Å². The quantitative estimate of drug-likeness (QED) is 0.842. The lowest BCUT2D eigenvalue weighted by atomic mass is 9.91. The average molecular weight is 311 g/mol. The molecule has 2 N–H and O–H groups in total. The first-order chi connectivity index (χ1) is 9.96. The zero-order valence-corrected chi connectivity index (χ0v) is 15.1. The van der Waals surface area contributed by atoms with E-state index in [-0.39, 0.29) is 28.8 Å². The average Bonchev–Trinajstić information content (AvgIpc) is 2.33. The highest BCUT2D eigenvalue weighted by Crippen LogP contribution is 2.19. The van der Waals surface area contributed by atoms with Crippen LogP contribution in [0.1, 0.15) is 60.8 Å². The molecule has 0 atom stereocenters. The van der Waals surface area contributed by atoms with Crippen molar-refractivity contribution in [1.82, 2.24) is 15.5 Å². The molecule has 1 rings (SSSR count). The molecule has 128 valence electrons. The largest absolute Gasteiger partial charge is 0.353 e. The number of urea groups is 1. The lowest BCUT2D eigenvalue weighted by molar-refractivity contribution is -0.123. The lowest BCUT2D eigenvalue weighted by Gasteiger charge is -2.33. The van der Waals surface area contributed by atoms with Crippen LogP contribution in [0.3, 0.4) is 0 Å². The molecular weight excluding hydrogens is 278 g/mol. The Morgan fingerprint density at radius 2 is 1.55 bits per heavy atom. The molecule has 0 bridgehead atoms. The van der Waals surface area contributed by atoms with Crippen LogP contribution in [0, 0.1) is 10.8 Å². The molecule has 1 saturated heterocycles. The molecule has 0 aliphatic carbocycles. The highest BCUT2D eigenvalue weighted by molar-refractivity contribution is 5.77. The van der Waals surface area contributed by atoms with Gasteiger partial charge in [-0.3, -0.25) is 4.79 Å². The molecule has 0 spiro atoms. The second-order valence-electron chi connectivity index (χ2n) is 8.79. The number of amides is 3. The summed E-state index contributed by atoms with van der Waals surface area (Å²) in [7, 11) is 0. The van der Waals surface area contributed by atoms with Gasteiger partial charge in [-0.1, -0.05) is 41.5 Å². The van der Waals surface area contributed by atoms with E-state index >= 15 is 0 Å². The number of carbonyl (C=O) groups is 2. The predicted octanol–water partition coefficient (Wildman–Crippen LogP) is 2.76. The zero-order chi connectivity index (χ0) is 17.0. The van der Waals surface area contributed by atoms with E-state index in [1.165, 1.54) is 0 Å². The molecule has 0 unspecified atom stereocenters. The van der Waals surface area contributed by atoms with Gasteiger partial charge in [-0.05, 0) is 23.7 Å². The van der Waals surface area contributed by atoms with Crippen molar-refractivity contribution in [3.05, 3.63) is 0 Å². The lowest BCUT2D eigenvalue weighted by Crippen LogP contribution is -2.50. The van der Waals surface area contributed by atoms with Crippen LogP contribution in [0.4, 0.5) is 4.79 Å². The van der Waals surface area contributed by atoms with Gasteiger partial charge in [-0.2, -0.15) is 0 Å². The summed E-state index contributed by atoms with van der Waals surface area (Å²) in [5.74, 6) is 0.114. The van der Waals surface area contributed by atoms with Crippen molar-refractivity contribution in [2.24, 2.45) is 10.8 Å². The van der Waals surface area contributed by atoms with E-state index in [0.29, 0.717) is 26.1 Å². The Morgan fingerprint density at radius 1 is 1.00 bits per heavy atom. The van der Waals surface area contributed by atoms with E-state index in [2.05, 4.69) is 52.2 Å². The number of hydrogen-bond donors (Lipinski definition) is 2. The van der Waals surface area contributed by atoms with Crippen LogP contribution in [0.5, 0.6) is 0 Å². The molecule has 0 saturated carbocycles. The van der Waals surface area contributed by atoms with Gasteiger partial charge in [-0.25, -0.2) is 4.79 Å². The van der Waals surface area contributed by atoms with Crippen molar-refractivity contribution in [2.75, 3.05) is 19.6 Å². The van der Waals surface area contributed by atoms with Gasteiger partial charge in [0.25, 0.3) is 0 Å². The molecule has 0 aromatic carbocycles. The predicted molar refractivity (Wildman–Crippen MR) is 89.7 cm³/mol. The monoisotopic (exact) mass is 311 g/mol. The number of nitrogens with zero attached hydrogens (tertiary/aromatic N) is 1. The number of piperidine rings is 1. The highest BCUT2D eigenvalue weighted by Gasteiger charge is 2.25. The third-order valence-electron chi connectivity index (χ3n) is 3.61. The van der Waals surface area contributed by atoms with E-state index in [1.807, 2.05) is 4.90 Å². The fourth-order valence-corrected chi connectivity index (χ4v) is 2.44. The Bertz CT molecular complexity index is 386. The van der Waals surface area contributed by atoms with Gasteiger partial charge in [0.1, 0.15) is 0 Å². The summed E-state index contributed by atoms with van der Waals surface area (Å²) in [4.78, 5) is 25.9. The van der Waals surface area contributed by atoms with E-state index in [0.717, 1.165) is 12.8 Å². The molecule has 1 aliphatic heterocycles. The minimum Gasteiger partial charge on any atom is -0.353 e. The topological polar surface area (TPSA) is 61.4 Å². The Kier molecular flexibility index (Phi) is 6.27. The number of rotatable bonds is 3. The molecule has 0 radical (unpaired) electrons. The molecule has 5 heteroatoms. The van der Waals surface area contributed by atoms with E-state index in [9.17, 15) is 9.59 Å². The first-order valence-corrected chi connectivity index (χ1v) is 8.28. The van der Waals surface area contributed by atoms with Gasteiger partial charge in [-0.15, -0.1) is 0 Å². The van der Waals surface area contributed by atoms with Crippen LogP contribution >= 0.6 is 0 Å². The maximum atomic E-state index is 12.1. The summed E-state index contributed by atoms with van der Waals surface area (Å²) < 4.78 is 0. The van der Waals surface area contributed by atoms with Crippen molar-refractivity contribution in [3.63, 3.8) is 0 Å². The van der Waals surface area contributed by atoms with Crippen LogP contribution in [0.15, 0.2) is 0 Å². The van der Waals surface area contributed by atoms with Crippen LogP contribution in [-0.4, -0.2) is 42.5 Å². The first-order valence-electron chi connectivity index (χ1n) is 8.28. The molecule has 1 fully saturated rings. The molecular formula is C17H33N3O2. The van der Waals surface area contributed by atoms with Crippen molar-refractivity contribution in [1.29, 1.82) is 0 Å². The Morgan fingerprint density at radius 3 is 2.00 bits per heavy atom. The second kappa shape index (κ2) is 7.34. The van der Waals surface area contributed by atoms with Crippen LogP contribution in [0.2, 0.25) is 0 Å². The summed E-state index contributed by atoms with van der Waals surface area (Å²) in [6.45, 7) is 14.6. The van der Waals surface area contributed by atoms with Gasteiger partial charge < -0.3 is 15.5 Å². The van der Waals surface area contributed by atoms with Crippen LogP contribution in [0.25, 0.3) is 0 Å². The normalized spacial score (nSPS) is 17.3. The smallest absolute Gasteiger partial charge is 0.317 e. The maximum Gasteiger partial charge on any atom is 0.317 e. The number of likely N-dealkylation sites (tertiary alicyclic amines) is 1. The maximum absolute atomic E-state index is 12.1. The standard InChI is InChI=1S/C17H33N3O2/c1-16(2,3)11-14(21)19-13-7-9-20(10-8-13)15(22)18-12-17(4,5)6/h13H,7-12H2,1-6H3,(H,18,22)(H,19,21). The molecule has 5 nitrogen and oxygen atoms in total. The summed E-state index contributed by atoms with van der Waals surface area (Å²) in [6.07, 6.45) is 2.21. The highest BCUT2D eigenvalue weighted by atomic mass is 16.2. The summed E-state index contributed by atoms with van der Waals surface area (Å²) in [5, 5.41) is 6.07. The van der Waals surface area contributed by atoms with Gasteiger partial charge in [0.2, 0.25) is 5.91 Å². The Labute approximate surface area is 135 Å². The fourth-order valence-electron chi connectivity index (χ4n) is 2.44. The van der Waals surface area contributed by atoms with Gasteiger partial charge >= 0.3 is 6.03 Å². The fraction of sp³-hybridized carbons (Fsp3) is 0.882. The van der Waals surface area contributed by atoms with Gasteiger partial charge in [0.05, 0.1) is 0 Å². The number of carbonyl (C=O) groups excluding carboxylic acids is 2. The van der Waals surface area contributed by atoms with Crippen LogP contribution in [-0.2, 0) is 4.79 Å². The van der Waals surface area contributed by atoms with Crippen molar-refractivity contribution >= 4 is 11.9 Å². The zero-order valence-electron chi connectivity index (χ0n) is 15.1.